The number of nitrogens with two attached hydrogens (primary N) is 2. The van der Waals surface area contributed by atoms with Gasteiger partial charge in [-0.15, -0.1) is 0 Å². The van der Waals surface area contributed by atoms with E-state index >= 15 is 0 Å². The molecule has 0 saturated carbocycles. The number of benzene rings is 3. The number of nitrogens with zero attached hydrogens (tertiary/aromatic N) is 1. The van der Waals surface area contributed by atoms with Gasteiger partial charge in [-0.05, 0) is 76.9 Å². The Morgan fingerprint density at radius 1 is 0.929 bits per heavy atom. The Morgan fingerprint density at radius 3 is 2.54 bits per heavy atom. The predicted octanol–water partition coefficient (Wildman–Crippen LogP) is 4.83. The molecule has 0 unspecified atom stereocenters. The van der Waals surface area contributed by atoms with E-state index in [1.165, 1.54) is 10.9 Å². The molecule has 4 heteroatoms. The van der Waals surface area contributed by atoms with E-state index in [1.54, 1.807) is 6.20 Å². The summed E-state index contributed by atoms with van der Waals surface area (Å²) >= 11 is 0. The first kappa shape index (κ1) is 18.0. The normalized spacial score (nSPS) is 10.9. The highest BCUT2D eigenvalue weighted by molar-refractivity contribution is 5.92. The van der Waals surface area contributed by atoms with Gasteiger partial charge in [0.1, 0.15) is 12.4 Å². The summed E-state index contributed by atoms with van der Waals surface area (Å²) in [6, 6.07) is 22.4. The van der Waals surface area contributed by atoms with Crippen molar-refractivity contribution in [2.75, 3.05) is 5.73 Å². The second-order valence-electron chi connectivity index (χ2n) is 6.91. The Kier molecular flexibility index (Phi) is 4.96. The van der Waals surface area contributed by atoms with Crippen molar-refractivity contribution in [2.45, 2.75) is 20.1 Å². The molecule has 4 aromatic rings. The Morgan fingerprint density at radius 2 is 1.75 bits per heavy atom. The lowest BCUT2D eigenvalue weighted by molar-refractivity contribution is 0.298. The Hall–Kier alpha value is -3.37. The molecule has 0 aliphatic carbocycles. The summed E-state index contributed by atoms with van der Waals surface area (Å²) < 4.78 is 5.95. The van der Waals surface area contributed by atoms with Crippen molar-refractivity contribution in [3.05, 3.63) is 89.7 Å². The minimum absolute atomic E-state index is 0.408. The summed E-state index contributed by atoms with van der Waals surface area (Å²) in [6.45, 7) is 2.91. The van der Waals surface area contributed by atoms with Crippen molar-refractivity contribution < 1.29 is 4.74 Å². The first-order valence-corrected chi connectivity index (χ1v) is 9.30. The van der Waals surface area contributed by atoms with Gasteiger partial charge in [0.25, 0.3) is 0 Å². The number of anilines is 1. The number of fused-ring (bicyclic) bond motifs is 1. The summed E-state index contributed by atoms with van der Waals surface area (Å²) in [4.78, 5) is 4.29. The summed E-state index contributed by atoms with van der Waals surface area (Å²) in [6.07, 6.45) is 1.76. The van der Waals surface area contributed by atoms with Gasteiger partial charge >= 0.3 is 0 Å². The van der Waals surface area contributed by atoms with E-state index in [2.05, 4.69) is 42.2 Å². The molecule has 1 heterocycles. The van der Waals surface area contributed by atoms with Crippen LogP contribution in [0.5, 0.6) is 5.75 Å². The zero-order valence-corrected chi connectivity index (χ0v) is 15.9. The first-order chi connectivity index (χ1) is 13.6. The molecule has 3 aromatic carbocycles. The number of ether oxygens (including phenoxy) is 1. The molecule has 140 valence electrons. The topological polar surface area (TPSA) is 74.2 Å². The Balaban J connectivity index is 1.64. The van der Waals surface area contributed by atoms with E-state index in [4.69, 9.17) is 16.2 Å². The lowest BCUT2D eigenvalue weighted by atomic mass is 9.97. The molecule has 0 amide bonds. The molecule has 1 aromatic heterocycles. The van der Waals surface area contributed by atoms with E-state index in [0.717, 1.165) is 39.2 Å². The molecule has 0 aliphatic heterocycles. The van der Waals surface area contributed by atoms with Crippen molar-refractivity contribution in [2.24, 2.45) is 5.73 Å². The van der Waals surface area contributed by atoms with E-state index in [-0.39, 0.29) is 0 Å². The molecule has 0 aliphatic rings. The van der Waals surface area contributed by atoms with Crippen LogP contribution in [0, 0.1) is 6.92 Å². The van der Waals surface area contributed by atoms with Gasteiger partial charge in [0.05, 0.1) is 5.69 Å². The minimum atomic E-state index is 0.408. The Labute approximate surface area is 164 Å². The number of aryl methyl sites for hydroxylation is 1. The predicted molar refractivity (Wildman–Crippen MR) is 115 cm³/mol. The van der Waals surface area contributed by atoms with Gasteiger partial charge in [0, 0.05) is 24.0 Å². The quantitative estimate of drug-likeness (QED) is 0.494. The molecule has 0 radical (unpaired) electrons. The average Bonchev–Trinajstić information content (AvgIpc) is 2.72. The largest absolute Gasteiger partial charge is 0.487 e. The monoisotopic (exact) mass is 369 g/mol. The van der Waals surface area contributed by atoms with Crippen LogP contribution in [-0.4, -0.2) is 4.98 Å². The van der Waals surface area contributed by atoms with Crippen molar-refractivity contribution in [3.63, 3.8) is 0 Å². The molecule has 4 N–H and O–H groups in total. The SMILES string of the molecule is Cc1cc(N)cc2cc(-c3ccc(OCc4ccccn4)c(CN)c3)ccc12. The van der Waals surface area contributed by atoms with Crippen molar-refractivity contribution in [3.8, 4) is 16.9 Å². The van der Waals surface area contributed by atoms with Gasteiger partial charge in [-0.2, -0.15) is 0 Å². The number of hydrogen-bond donors (Lipinski definition) is 2. The van der Waals surface area contributed by atoms with Crippen LogP contribution in [0.1, 0.15) is 16.8 Å². The van der Waals surface area contributed by atoms with Gasteiger partial charge in [0.2, 0.25) is 0 Å². The van der Waals surface area contributed by atoms with E-state index in [0.29, 0.717) is 13.2 Å². The van der Waals surface area contributed by atoms with Gasteiger partial charge in [-0.3, -0.25) is 4.98 Å². The van der Waals surface area contributed by atoms with Crippen molar-refractivity contribution >= 4 is 16.5 Å². The van der Waals surface area contributed by atoms with Gasteiger partial charge < -0.3 is 16.2 Å². The maximum atomic E-state index is 6.02. The van der Waals surface area contributed by atoms with Gasteiger partial charge in [-0.25, -0.2) is 0 Å². The van der Waals surface area contributed by atoms with Crippen LogP contribution in [0.4, 0.5) is 5.69 Å². The van der Waals surface area contributed by atoms with Crippen LogP contribution in [0.25, 0.3) is 21.9 Å². The zero-order valence-electron chi connectivity index (χ0n) is 15.9. The second-order valence-corrected chi connectivity index (χ2v) is 6.91. The number of rotatable bonds is 5. The minimum Gasteiger partial charge on any atom is -0.487 e. The molecular formula is C24H23N3O. The van der Waals surface area contributed by atoms with Gasteiger partial charge in [0.15, 0.2) is 0 Å². The summed E-state index contributed by atoms with van der Waals surface area (Å²) in [5, 5.41) is 2.35. The van der Waals surface area contributed by atoms with Crippen LogP contribution >= 0.6 is 0 Å². The molecule has 4 rings (SSSR count). The number of nitrogen functional groups attached to an aromatic ring is 1. The molecule has 28 heavy (non-hydrogen) atoms. The van der Waals surface area contributed by atoms with Crippen molar-refractivity contribution in [1.82, 2.24) is 4.98 Å². The highest BCUT2D eigenvalue weighted by Crippen LogP contribution is 2.31. The van der Waals surface area contributed by atoms with E-state index in [1.807, 2.05) is 36.4 Å². The third-order valence-electron chi connectivity index (χ3n) is 4.90. The fourth-order valence-electron chi connectivity index (χ4n) is 3.46. The fraction of sp³-hybridized carbons (Fsp3) is 0.125. The molecule has 0 bridgehead atoms. The highest BCUT2D eigenvalue weighted by atomic mass is 16.5. The third-order valence-corrected chi connectivity index (χ3v) is 4.90. The molecule has 0 atom stereocenters. The highest BCUT2D eigenvalue weighted by Gasteiger charge is 2.08. The standard InChI is InChI=1S/C24H23N3O/c1-16-10-21(26)13-19-11-17(5-7-23(16)19)18-6-8-24(20(12-18)14-25)28-15-22-4-2-3-9-27-22/h2-13H,14-15,25-26H2,1H3. The van der Waals surface area contributed by atoms with Crippen molar-refractivity contribution in [1.29, 1.82) is 0 Å². The van der Waals surface area contributed by atoms with Crippen LogP contribution in [0.3, 0.4) is 0 Å². The first-order valence-electron chi connectivity index (χ1n) is 9.30. The van der Waals surface area contributed by atoms with Crippen LogP contribution in [0.2, 0.25) is 0 Å². The molecule has 0 fully saturated rings. The zero-order chi connectivity index (χ0) is 19.5. The maximum absolute atomic E-state index is 6.02. The van der Waals surface area contributed by atoms with E-state index < -0.39 is 0 Å². The molecule has 0 spiro atoms. The smallest absolute Gasteiger partial charge is 0.130 e. The summed E-state index contributed by atoms with van der Waals surface area (Å²) in [5.41, 5.74) is 18.1. The Bertz CT molecular complexity index is 1120. The lowest BCUT2D eigenvalue weighted by Gasteiger charge is -2.13. The van der Waals surface area contributed by atoms with Crippen LogP contribution < -0.4 is 16.2 Å². The number of pyridine rings is 1. The van der Waals surface area contributed by atoms with Crippen LogP contribution in [-0.2, 0) is 13.2 Å². The summed E-state index contributed by atoms with van der Waals surface area (Å²) in [5.74, 6) is 0.790. The van der Waals surface area contributed by atoms with Crippen LogP contribution in [0.15, 0.2) is 72.9 Å². The molecule has 4 nitrogen and oxygen atoms in total. The number of aromatic nitrogens is 1. The molecular weight excluding hydrogens is 346 g/mol. The van der Waals surface area contributed by atoms with Gasteiger partial charge in [-0.1, -0.05) is 24.3 Å². The lowest BCUT2D eigenvalue weighted by Crippen LogP contribution is -2.04. The third kappa shape index (κ3) is 3.68. The fourth-order valence-corrected chi connectivity index (χ4v) is 3.46. The van der Waals surface area contributed by atoms with E-state index in [9.17, 15) is 0 Å². The summed E-state index contributed by atoms with van der Waals surface area (Å²) in [7, 11) is 0. The number of hydrogen-bond acceptors (Lipinski definition) is 4. The maximum Gasteiger partial charge on any atom is 0.130 e. The molecule has 0 saturated heterocycles. The second kappa shape index (κ2) is 7.71. The average molecular weight is 369 g/mol.